The van der Waals surface area contributed by atoms with Crippen molar-refractivity contribution in [3.8, 4) is 0 Å². The summed E-state index contributed by atoms with van der Waals surface area (Å²) in [4.78, 5) is 22.5. The fraction of sp³-hybridized carbons (Fsp3) is 0.200. The molecule has 1 rings (SSSR count). The molecule has 5 heteroatoms. The molecule has 0 fully saturated rings. The Bertz CT molecular complexity index is 390. The Hall–Kier alpha value is -1.72. The highest BCUT2D eigenvalue weighted by Gasteiger charge is 2.19. The first-order valence-electron chi connectivity index (χ1n) is 4.40. The first kappa shape index (κ1) is 11.4. The van der Waals surface area contributed by atoms with E-state index in [1.54, 1.807) is 19.1 Å². The molecule has 0 aromatic heterocycles. The molecule has 80 valence electrons. The Morgan fingerprint density at radius 1 is 1.33 bits per heavy atom. The Morgan fingerprint density at radius 2 is 1.87 bits per heavy atom. The maximum atomic E-state index is 11.7. The van der Waals surface area contributed by atoms with Crippen molar-refractivity contribution in [1.82, 2.24) is 5.43 Å². The van der Waals surface area contributed by atoms with Crippen LogP contribution < -0.4 is 11.3 Å². The van der Waals surface area contributed by atoms with Crippen molar-refractivity contribution in [2.45, 2.75) is 13.0 Å². The lowest BCUT2D eigenvalue weighted by atomic mass is 10.00. The molecule has 0 saturated carbocycles. The SMILES string of the molecule is CC(NN)C(=O)c1ccccc1C(=O)O. The van der Waals surface area contributed by atoms with Crippen LogP contribution >= 0.6 is 0 Å². The van der Waals surface area contributed by atoms with Crippen LogP contribution in [0.25, 0.3) is 0 Å². The number of carboxylic acid groups (broad SMARTS) is 1. The van der Waals surface area contributed by atoms with Crippen LogP contribution in [0.15, 0.2) is 24.3 Å². The number of aromatic carboxylic acids is 1. The molecule has 0 bridgehead atoms. The Morgan fingerprint density at radius 3 is 2.33 bits per heavy atom. The lowest BCUT2D eigenvalue weighted by Crippen LogP contribution is -2.39. The third-order valence-electron chi connectivity index (χ3n) is 2.07. The molecule has 1 unspecified atom stereocenters. The van der Waals surface area contributed by atoms with Crippen molar-refractivity contribution in [3.05, 3.63) is 35.4 Å². The molecule has 1 atom stereocenters. The molecule has 0 saturated heterocycles. The van der Waals surface area contributed by atoms with Crippen molar-refractivity contribution in [3.63, 3.8) is 0 Å². The lowest BCUT2D eigenvalue weighted by Gasteiger charge is -2.10. The molecule has 5 nitrogen and oxygen atoms in total. The van der Waals surface area contributed by atoms with E-state index >= 15 is 0 Å². The molecular weight excluding hydrogens is 196 g/mol. The number of benzene rings is 1. The van der Waals surface area contributed by atoms with Crippen LogP contribution in [-0.2, 0) is 0 Å². The minimum Gasteiger partial charge on any atom is -0.478 e. The summed E-state index contributed by atoms with van der Waals surface area (Å²) in [6.45, 7) is 1.57. The minimum absolute atomic E-state index is 0.00963. The number of hydrogen-bond donors (Lipinski definition) is 3. The number of carbonyl (C=O) groups excluding carboxylic acids is 1. The number of nitrogens with two attached hydrogens (primary N) is 1. The van der Waals surface area contributed by atoms with Gasteiger partial charge in [-0.2, -0.15) is 0 Å². The van der Waals surface area contributed by atoms with Crippen molar-refractivity contribution in [2.75, 3.05) is 0 Å². The van der Waals surface area contributed by atoms with Gasteiger partial charge in [-0.15, -0.1) is 0 Å². The van der Waals surface area contributed by atoms with Crippen LogP contribution in [0.4, 0.5) is 0 Å². The second-order valence-electron chi connectivity index (χ2n) is 3.10. The van der Waals surface area contributed by atoms with E-state index in [1.165, 1.54) is 12.1 Å². The molecule has 0 aliphatic rings. The standard InChI is InChI=1S/C10H12N2O3/c1-6(12-11)9(13)7-4-2-3-5-8(7)10(14)15/h2-6,12H,11H2,1H3,(H,14,15). The van der Waals surface area contributed by atoms with Gasteiger partial charge in [-0.1, -0.05) is 18.2 Å². The molecule has 1 aromatic rings. The van der Waals surface area contributed by atoms with Gasteiger partial charge in [0, 0.05) is 5.56 Å². The lowest BCUT2D eigenvalue weighted by molar-refractivity contribution is 0.0691. The van der Waals surface area contributed by atoms with Gasteiger partial charge in [-0.05, 0) is 13.0 Å². The number of carbonyl (C=O) groups is 2. The first-order valence-corrected chi connectivity index (χ1v) is 4.40. The minimum atomic E-state index is -1.12. The van der Waals surface area contributed by atoms with E-state index in [0.29, 0.717) is 0 Å². The summed E-state index contributed by atoms with van der Waals surface area (Å²) >= 11 is 0. The Labute approximate surface area is 86.9 Å². The fourth-order valence-electron chi connectivity index (χ4n) is 1.19. The summed E-state index contributed by atoms with van der Waals surface area (Å²) in [6.07, 6.45) is 0. The van der Waals surface area contributed by atoms with Crippen molar-refractivity contribution in [2.24, 2.45) is 5.84 Å². The number of nitrogens with one attached hydrogen (secondary N) is 1. The zero-order valence-electron chi connectivity index (χ0n) is 8.23. The van der Waals surface area contributed by atoms with Gasteiger partial charge in [-0.3, -0.25) is 10.6 Å². The van der Waals surface area contributed by atoms with E-state index in [0.717, 1.165) is 0 Å². The van der Waals surface area contributed by atoms with Crippen molar-refractivity contribution in [1.29, 1.82) is 0 Å². The number of rotatable bonds is 4. The second-order valence-corrected chi connectivity index (χ2v) is 3.10. The van der Waals surface area contributed by atoms with Crippen LogP contribution in [-0.4, -0.2) is 22.9 Å². The summed E-state index contributed by atoms with van der Waals surface area (Å²) < 4.78 is 0. The molecule has 1 aromatic carbocycles. The van der Waals surface area contributed by atoms with E-state index in [2.05, 4.69) is 5.43 Å². The summed E-state index contributed by atoms with van der Waals surface area (Å²) in [6, 6.07) is 5.44. The van der Waals surface area contributed by atoms with Crippen molar-refractivity contribution >= 4 is 11.8 Å². The van der Waals surface area contributed by atoms with E-state index in [4.69, 9.17) is 10.9 Å². The maximum Gasteiger partial charge on any atom is 0.336 e. The van der Waals surface area contributed by atoms with Gasteiger partial charge >= 0.3 is 5.97 Å². The van der Waals surface area contributed by atoms with Crippen LogP contribution in [0.2, 0.25) is 0 Å². The van der Waals surface area contributed by atoms with Gasteiger partial charge in [0.25, 0.3) is 0 Å². The molecule has 0 radical (unpaired) electrons. The van der Waals surface area contributed by atoms with Crippen LogP contribution in [0.5, 0.6) is 0 Å². The number of carboxylic acids is 1. The molecular formula is C10H12N2O3. The summed E-state index contributed by atoms with van der Waals surface area (Å²) in [5, 5.41) is 8.87. The number of hydrazine groups is 1. The average Bonchev–Trinajstić information content (AvgIpc) is 2.27. The van der Waals surface area contributed by atoms with E-state index in [9.17, 15) is 9.59 Å². The monoisotopic (exact) mass is 208 g/mol. The number of ketones is 1. The highest BCUT2D eigenvalue weighted by atomic mass is 16.4. The largest absolute Gasteiger partial charge is 0.478 e. The van der Waals surface area contributed by atoms with Crippen LogP contribution in [0.3, 0.4) is 0 Å². The van der Waals surface area contributed by atoms with E-state index < -0.39 is 12.0 Å². The second kappa shape index (κ2) is 4.68. The highest BCUT2D eigenvalue weighted by molar-refractivity contribution is 6.07. The Balaban J connectivity index is 3.13. The third kappa shape index (κ3) is 2.39. The van der Waals surface area contributed by atoms with E-state index in [1.807, 2.05) is 0 Å². The highest BCUT2D eigenvalue weighted by Crippen LogP contribution is 2.11. The van der Waals surface area contributed by atoms with Gasteiger partial charge in [0.05, 0.1) is 11.6 Å². The molecule has 0 aliphatic carbocycles. The Kier molecular flexibility index (Phi) is 3.54. The number of hydrogen-bond acceptors (Lipinski definition) is 4. The summed E-state index contributed by atoms with van der Waals surface area (Å²) in [5.74, 6) is 3.66. The summed E-state index contributed by atoms with van der Waals surface area (Å²) in [5.41, 5.74) is 2.44. The van der Waals surface area contributed by atoms with Crippen LogP contribution in [0.1, 0.15) is 27.6 Å². The fourth-order valence-corrected chi connectivity index (χ4v) is 1.19. The maximum absolute atomic E-state index is 11.7. The predicted octanol–water partition coefficient (Wildman–Crippen LogP) is 0.419. The zero-order valence-corrected chi connectivity index (χ0v) is 8.23. The molecule has 0 spiro atoms. The molecule has 0 amide bonds. The normalized spacial score (nSPS) is 12.1. The van der Waals surface area contributed by atoms with Crippen molar-refractivity contribution < 1.29 is 14.7 Å². The topological polar surface area (TPSA) is 92.4 Å². The van der Waals surface area contributed by atoms with E-state index in [-0.39, 0.29) is 16.9 Å². The number of Topliss-reactive ketones (excluding diaryl/α,β-unsaturated/α-hetero) is 1. The van der Waals surface area contributed by atoms with Gasteiger partial charge in [0.15, 0.2) is 5.78 Å². The zero-order chi connectivity index (χ0) is 11.4. The third-order valence-corrected chi connectivity index (χ3v) is 2.07. The van der Waals surface area contributed by atoms with Gasteiger partial charge < -0.3 is 5.11 Å². The average molecular weight is 208 g/mol. The molecule has 15 heavy (non-hydrogen) atoms. The molecule has 4 N–H and O–H groups in total. The summed E-state index contributed by atoms with van der Waals surface area (Å²) in [7, 11) is 0. The first-order chi connectivity index (χ1) is 7.07. The van der Waals surface area contributed by atoms with Gasteiger partial charge in [0.1, 0.15) is 0 Å². The molecule has 0 aliphatic heterocycles. The van der Waals surface area contributed by atoms with Gasteiger partial charge in [-0.25, -0.2) is 10.2 Å². The quantitative estimate of drug-likeness (QED) is 0.379. The smallest absolute Gasteiger partial charge is 0.336 e. The van der Waals surface area contributed by atoms with Gasteiger partial charge in [0.2, 0.25) is 0 Å². The molecule has 0 heterocycles. The van der Waals surface area contributed by atoms with Crippen LogP contribution in [0, 0.1) is 0 Å². The predicted molar refractivity (Wildman–Crippen MR) is 54.5 cm³/mol.